The van der Waals surface area contributed by atoms with Gasteiger partial charge in [-0.3, -0.25) is 10.2 Å². The summed E-state index contributed by atoms with van der Waals surface area (Å²) in [5.74, 6) is -0.308. The zero-order valence-corrected chi connectivity index (χ0v) is 15.3. The lowest BCUT2D eigenvalue weighted by atomic mass is 10.1. The highest BCUT2D eigenvalue weighted by Gasteiger charge is 2.46. The molecule has 1 aliphatic heterocycles. The van der Waals surface area contributed by atoms with E-state index in [9.17, 15) is 14.6 Å². The molecule has 1 aliphatic carbocycles. The molecule has 0 saturated heterocycles. The van der Waals surface area contributed by atoms with Crippen molar-refractivity contribution in [2.75, 3.05) is 6.61 Å². The number of hydrogen-bond acceptors (Lipinski definition) is 9. The minimum absolute atomic E-state index is 0.203. The Labute approximate surface area is 165 Å². The Bertz CT molecular complexity index is 916. The number of aliphatic hydroxyl groups is 2. The summed E-state index contributed by atoms with van der Waals surface area (Å²) in [6.07, 6.45) is -0.239. The zero-order chi connectivity index (χ0) is 20.4. The van der Waals surface area contributed by atoms with Crippen molar-refractivity contribution in [1.82, 2.24) is 25.4 Å². The van der Waals surface area contributed by atoms with Crippen molar-refractivity contribution in [2.45, 2.75) is 37.5 Å². The molecule has 2 aliphatic rings. The van der Waals surface area contributed by atoms with Crippen LogP contribution in [0.15, 0.2) is 35.3 Å². The van der Waals surface area contributed by atoms with Crippen LogP contribution in [0, 0.1) is 17.4 Å². The second-order valence-electron chi connectivity index (χ2n) is 6.95. The van der Waals surface area contributed by atoms with E-state index in [0.717, 1.165) is 5.56 Å². The quantitative estimate of drug-likeness (QED) is 0.476. The van der Waals surface area contributed by atoms with Crippen molar-refractivity contribution in [3.05, 3.63) is 41.6 Å². The highest BCUT2D eigenvalue weighted by molar-refractivity contribution is 5.64. The van der Waals surface area contributed by atoms with Gasteiger partial charge < -0.3 is 10.2 Å². The number of aliphatic hydroxyl groups excluding tert-OH is 2. The van der Waals surface area contributed by atoms with Gasteiger partial charge in [-0.05, 0) is 12.0 Å². The standard InChI is InChI=1S/C18H20FN7O3/c19-14-13(6-12(7-27)16(14)28)26-18-15(23-24-26)17(21-9-20)25(10-22-18)29-8-11-4-2-1-3-5-11/h1-5,10,12-14,16-17,21,27-28H,6-8H2. The molecule has 1 aromatic carbocycles. The fraction of sp³-hybridized carbons (Fsp3) is 0.444. The summed E-state index contributed by atoms with van der Waals surface area (Å²) < 4.78 is 15.9. The van der Waals surface area contributed by atoms with Crippen molar-refractivity contribution in [3.63, 3.8) is 0 Å². The highest BCUT2D eigenvalue weighted by Crippen LogP contribution is 2.41. The summed E-state index contributed by atoms with van der Waals surface area (Å²) in [5, 5.41) is 40.5. The van der Waals surface area contributed by atoms with Gasteiger partial charge in [0.1, 0.15) is 19.1 Å². The lowest BCUT2D eigenvalue weighted by molar-refractivity contribution is -0.142. The maximum absolute atomic E-state index is 14.6. The zero-order valence-electron chi connectivity index (χ0n) is 15.3. The number of nitrogens with one attached hydrogen (secondary N) is 1. The molecule has 2 aromatic rings. The molecule has 11 heteroatoms. The summed E-state index contributed by atoms with van der Waals surface area (Å²) in [5.41, 5.74) is 1.23. The monoisotopic (exact) mass is 401 g/mol. The number of nitriles is 1. The number of hydroxylamine groups is 2. The van der Waals surface area contributed by atoms with Crippen molar-refractivity contribution in [1.29, 1.82) is 5.26 Å². The number of hydrogen-bond donors (Lipinski definition) is 3. The largest absolute Gasteiger partial charge is 0.396 e. The Morgan fingerprint density at radius 3 is 2.83 bits per heavy atom. The fourth-order valence-electron chi connectivity index (χ4n) is 3.63. The molecular weight excluding hydrogens is 381 g/mol. The van der Waals surface area contributed by atoms with E-state index in [4.69, 9.17) is 10.1 Å². The molecule has 3 N–H and O–H groups in total. The van der Waals surface area contributed by atoms with Gasteiger partial charge in [-0.15, -0.1) is 5.10 Å². The molecule has 10 nitrogen and oxygen atoms in total. The average Bonchev–Trinajstić information content (AvgIpc) is 3.29. The smallest absolute Gasteiger partial charge is 0.182 e. The fourth-order valence-corrected chi connectivity index (χ4v) is 3.63. The van der Waals surface area contributed by atoms with Gasteiger partial charge in [-0.1, -0.05) is 35.5 Å². The van der Waals surface area contributed by atoms with Gasteiger partial charge in [0.25, 0.3) is 0 Å². The number of fused-ring (bicyclic) bond motifs is 1. The Balaban J connectivity index is 1.57. The van der Waals surface area contributed by atoms with E-state index in [2.05, 4.69) is 20.6 Å². The van der Waals surface area contributed by atoms with Gasteiger partial charge in [-0.2, -0.15) is 5.26 Å². The molecule has 0 radical (unpaired) electrons. The molecule has 5 atom stereocenters. The summed E-state index contributed by atoms with van der Waals surface area (Å²) in [6, 6.07) is 8.67. The predicted octanol–water partition coefficient (Wildman–Crippen LogP) is 0.707. The van der Waals surface area contributed by atoms with Crippen molar-refractivity contribution < 1.29 is 19.4 Å². The Hall–Kier alpha value is -3.07. The van der Waals surface area contributed by atoms with Crippen LogP contribution >= 0.6 is 0 Å². The van der Waals surface area contributed by atoms with Gasteiger partial charge >= 0.3 is 0 Å². The minimum atomic E-state index is -1.61. The number of alkyl halides is 1. The average molecular weight is 401 g/mol. The van der Waals surface area contributed by atoms with Crippen LogP contribution in [0.1, 0.15) is 29.9 Å². The minimum Gasteiger partial charge on any atom is -0.396 e. The number of rotatable bonds is 6. The van der Waals surface area contributed by atoms with Crippen molar-refractivity contribution in [2.24, 2.45) is 10.9 Å². The lowest BCUT2D eigenvalue weighted by Crippen LogP contribution is -2.37. The van der Waals surface area contributed by atoms with Crippen LogP contribution in [-0.4, -0.2) is 55.5 Å². The number of benzene rings is 1. The van der Waals surface area contributed by atoms with E-state index < -0.39 is 30.4 Å². The van der Waals surface area contributed by atoms with Gasteiger partial charge in [0.05, 0.1) is 12.1 Å². The third-order valence-corrected chi connectivity index (χ3v) is 5.20. The van der Waals surface area contributed by atoms with Crippen LogP contribution in [0.3, 0.4) is 0 Å². The van der Waals surface area contributed by atoms with Crippen molar-refractivity contribution >= 4 is 12.2 Å². The maximum Gasteiger partial charge on any atom is 0.182 e. The van der Waals surface area contributed by atoms with Gasteiger partial charge in [0.15, 0.2) is 23.9 Å². The number of nitrogens with zero attached hydrogens (tertiary/aromatic N) is 6. The second kappa shape index (κ2) is 8.12. The van der Waals surface area contributed by atoms with E-state index in [-0.39, 0.29) is 25.5 Å². The van der Waals surface area contributed by atoms with Gasteiger partial charge in [0, 0.05) is 12.5 Å². The first kappa shape index (κ1) is 19.3. The van der Waals surface area contributed by atoms with Crippen LogP contribution in [0.5, 0.6) is 0 Å². The topological polar surface area (TPSA) is 132 Å². The normalized spacial score (nSPS) is 28.2. The SMILES string of the molecule is N#CNC1c2nnn(C3CC(CO)C(O)C3F)c2N=CN1OCc1ccccc1. The van der Waals surface area contributed by atoms with Crippen LogP contribution in [-0.2, 0) is 11.4 Å². The van der Waals surface area contributed by atoms with Gasteiger partial charge in [0.2, 0.25) is 0 Å². The predicted molar refractivity (Wildman–Crippen MR) is 97.9 cm³/mol. The molecule has 5 unspecified atom stereocenters. The Kier molecular flexibility index (Phi) is 5.39. The number of aromatic nitrogens is 3. The summed E-state index contributed by atoms with van der Waals surface area (Å²) in [4.78, 5) is 10.0. The van der Waals surface area contributed by atoms with Crippen LogP contribution in [0.2, 0.25) is 0 Å². The third kappa shape index (κ3) is 3.53. The summed E-state index contributed by atoms with van der Waals surface area (Å²) in [7, 11) is 0. The molecule has 1 fully saturated rings. The molecule has 29 heavy (non-hydrogen) atoms. The molecule has 1 saturated carbocycles. The Morgan fingerprint density at radius 2 is 2.14 bits per heavy atom. The van der Waals surface area contributed by atoms with E-state index in [1.54, 1.807) is 0 Å². The molecule has 0 spiro atoms. The molecular formula is C18H20FN7O3. The highest BCUT2D eigenvalue weighted by atomic mass is 19.1. The molecule has 0 bridgehead atoms. The summed E-state index contributed by atoms with van der Waals surface area (Å²) >= 11 is 0. The van der Waals surface area contributed by atoms with Crippen molar-refractivity contribution in [3.8, 4) is 6.19 Å². The molecule has 1 aromatic heterocycles. The van der Waals surface area contributed by atoms with Crippen LogP contribution in [0.25, 0.3) is 0 Å². The first-order chi connectivity index (χ1) is 14.1. The van der Waals surface area contributed by atoms with E-state index in [1.807, 2.05) is 36.5 Å². The first-order valence-electron chi connectivity index (χ1n) is 9.16. The molecule has 152 valence electrons. The number of halogens is 1. The van der Waals surface area contributed by atoms with E-state index >= 15 is 0 Å². The van der Waals surface area contributed by atoms with E-state index in [1.165, 1.54) is 16.1 Å². The molecule has 4 rings (SSSR count). The molecule has 0 amide bonds. The lowest BCUT2D eigenvalue weighted by Gasteiger charge is -2.29. The Morgan fingerprint density at radius 1 is 1.34 bits per heavy atom. The first-order valence-corrected chi connectivity index (χ1v) is 9.16. The van der Waals surface area contributed by atoms with Crippen LogP contribution < -0.4 is 5.32 Å². The summed E-state index contributed by atoms with van der Waals surface area (Å²) in [6.45, 7) is -0.0720. The van der Waals surface area contributed by atoms with Gasteiger partial charge in [-0.25, -0.2) is 19.1 Å². The molecule has 2 heterocycles. The maximum atomic E-state index is 14.6. The number of aliphatic imine (C=N–C) groups is 1. The third-order valence-electron chi connectivity index (χ3n) is 5.20. The second-order valence-corrected chi connectivity index (χ2v) is 6.95. The van der Waals surface area contributed by atoms with Crippen LogP contribution in [0.4, 0.5) is 10.2 Å². The van der Waals surface area contributed by atoms with E-state index in [0.29, 0.717) is 5.69 Å².